The minimum Gasteiger partial charge on any atom is -0.493 e. The highest BCUT2D eigenvalue weighted by Gasteiger charge is 2.21. The molecule has 6 nitrogen and oxygen atoms in total. The molecule has 0 amide bonds. The van der Waals surface area contributed by atoms with Crippen LogP contribution < -0.4 is 19.7 Å². The summed E-state index contributed by atoms with van der Waals surface area (Å²) in [5, 5.41) is 3.41. The highest BCUT2D eigenvalue weighted by Crippen LogP contribution is 2.34. The summed E-state index contributed by atoms with van der Waals surface area (Å²) in [5.74, 6) is 3.09. The predicted octanol–water partition coefficient (Wildman–Crippen LogP) is 3.98. The Kier molecular flexibility index (Phi) is 5.51. The van der Waals surface area contributed by atoms with Crippen LogP contribution in [0, 0.1) is 6.92 Å². The normalized spacial score (nSPS) is 13.0. The zero-order valence-corrected chi connectivity index (χ0v) is 17.1. The number of hydrogen-bond donors (Lipinski definition) is 1. The summed E-state index contributed by atoms with van der Waals surface area (Å²) in [6.45, 7) is 4.45. The van der Waals surface area contributed by atoms with E-state index in [-0.39, 0.29) is 0 Å². The van der Waals surface area contributed by atoms with Gasteiger partial charge in [0.2, 0.25) is 5.95 Å². The van der Waals surface area contributed by atoms with Crippen LogP contribution >= 0.6 is 0 Å². The van der Waals surface area contributed by atoms with Crippen molar-refractivity contribution in [1.29, 1.82) is 0 Å². The van der Waals surface area contributed by atoms with Gasteiger partial charge in [-0.2, -0.15) is 4.98 Å². The maximum absolute atomic E-state index is 5.46. The van der Waals surface area contributed by atoms with E-state index in [1.807, 2.05) is 12.3 Å². The van der Waals surface area contributed by atoms with Crippen molar-refractivity contribution in [3.8, 4) is 11.5 Å². The molecule has 0 radical (unpaired) electrons. The topological polar surface area (TPSA) is 59.5 Å². The third-order valence-electron chi connectivity index (χ3n) is 5.20. The Balaban J connectivity index is 1.49. The molecular weight excluding hydrogens is 364 g/mol. The lowest BCUT2D eigenvalue weighted by molar-refractivity contribution is 0.353. The van der Waals surface area contributed by atoms with E-state index in [1.165, 1.54) is 22.3 Å². The molecule has 0 fully saturated rings. The summed E-state index contributed by atoms with van der Waals surface area (Å²) in [4.78, 5) is 11.4. The average Bonchev–Trinajstić information content (AvgIpc) is 2.76. The van der Waals surface area contributed by atoms with Crippen LogP contribution in [0.4, 0.5) is 11.8 Å². The fourth-order valence-electron chi connectivity index (χ4n) is 3.67. The SMILES string of the molecule is COc1cc2c(cc1OC)CN(c1nccc(NCc3cccc(C)c3)n1)CC2. The van der Waals surface area contributed by atoms with E-state index in [9.17, 15) is 0 Å². The number of aryl methyl sites for hydroxylation is 1. The number of fused-ring (bicyclic) bond motifs is 1. The summed E-state index contributed by atoms with van der Waals surface area (Å²) < 4.78 is 10.9. The number of hydrogen-bond acceptors (Lipinski definition) is 6. The van der Waals surface area contributed by atoms with Gasteiger partial charge in [-0.1, -0.05) is 29.8 Å². The number of nitrogens with one attached hydrogen (secondary N) is 1. The first-order valence-corrected chi connectivity index (χ1v) is 9.77. The minimum atomic E-state index is 0.734. The van der Waals surface area contributed by atoms with Gasteiger partial charge in [0.05, 0.1) is 14.2 Å². The molecule has 150 valence electrons. The Bertz CT molecular complexity index is 1010. The van der Waals surface area contributed by atoms with Crippen molar-refractivity contribution in [2.75, 3.05) is 31.0 Å². The average molecular weight is 390 g/mol. The van der Waals surface area contributed by atoms with Crippen LogP contribution in [0.1, 0.15) is 22.3 Å². The monoisotopic (exact) mass is 390 g/mol. The molecular formula is C23H26N4O2. The lowest BCUT2D eigenvalue weighted by atomic mass is 9.99. The van der Waals surface area contributed by atoms with Gasteiger partial charge >= 0.3 is 0 Å². The molecule has 0 unspecified atom stereocenters. The standard InChI is InChI=1S/C23H26N4O2/c1-16-5-4-6-17(11-16)14-25-22-7-9-24-23(26-22)27-10-8-18-12-20(28-2)21(29-3)13-19(18)15-27/h4-7,9,11-13H,8,10,14-15H2,1-3H3,(H,24,25,26). The Morgan fingerprint density at radius 2 is 1.83 bits per heavy atom. The molecule has 0 spiro atoms. The maximum atomic E-state index is 5.46. The van der Waals surface area contributed by atoms with Gasteiger partial charge in [-0.05, 0) is 48.2 Å². The fourth-order valence-corrected chi connectivity index (χ4v) is 3.67. The van der Waals surface area contributed by atoms with Crippen LogP contribution in [0.2, 0.25) is 0 Å². The lowest BCUT2D eigenvalue weighted by Crippen LogP contribution is -2.32. The number of aromatic nitrogens is 2. The Morgan fingerprint density at radius 1 is 1.03 bits per heavy atom. The number of benzene rings is 2. The van der Waals surface area contributed by atoms with Crippen molar-refractivity contribution in [3.05, 3.63) is 70.9 Å². The smallest absolute Gasteiger partial charge is 0.227 e. The second-order valence-corrected chi connectivity index (χ2v) is 7.23. The van der Waals surface area contributed by atoms with Crippen molar-refractivity contribution in [2.24, 2.45) is 0 Å². The predicted molar refractivity (Wildman–Crippen MR) is 115 cm³/mol. The highest BCUT2D eigenvalue weighted by atomic mass is 16.5. The van der Waals surface area contributed by atoms with Crippen molar-refractivity contribution in [3.63, 3.8) is 0 Å². The van der Waals surface area contributed by atoms with E-state index in [4.69, 9.17) is 14.5 Å². The molecule has 3 aromatic rings. The number of nitrogens with zero attached hydrogens (tertiary/aromatic N) is 3. The number of rotatable bonds is 6. The Labute approximate surface area is 171 Å². The van der Waals surface area contributed by atoms with E-state index in [2.05, 4.69) is 58.5 Å². The number of anilines is 2. The van der Waals surface area contributed by atoms with E-state index < -0.39 is 0 Å². The number of ether oxygens (including phenoxy) is 2. The first-order chi connectivity index (χ1) is 14.2. The second-order valence-electron chi connectivity index (χ2n) is 7.23. The zero-order valence-electron chi connectivity index (χ0n) is 17.1. The molecule has 0 bridgehead atoms. The molecule has 1 aliphatic heterocycles. The van der Waals surface area contributed by atoms with E-state index in [1.54, 1.807) is 14.2 Å². The molecule has 1 aliphatic rings. The van der Waals surface area contributed by atoms with Crippen molar-refractivity contribution in [2.45, 2.75) is 26.4 Å². The van der Waals surface area contributed by atoms with Gasteiger partial charge in [0.1, 0.15) is 5.82 Å². The lowest BCUT2D eigenvalue weighted by Gasteiger charge is -2.29. The van der Waals surface area contributed by atoms with Gasteiger partial charge in [-0.15, -0.1) is 0 Å². The van der Waals surface area contributed by atoms with Gasteiger partial charge < -0.3 is 19.7 Å². The van der Waals surface area contributed by atoms with Crippen molar-refractivity contribution >= 4 is 11.8 Å². The van der Waals surface area contributed by atoms with Crippen molar-refractivity contribution < 1.29 is 9.47 Å². The second kappa shape index (κ2) is 8.39. The van der Waals surface area contributed by atoms with Crippen LogP contribution in [-0.2, 0) is 19.5 Å². The summed E-state index contributed by atoms with van der Waals surface area (Å²) in [5.41, 5.74) is 4.99. The van der Waals surface area contributed by atoms with Crippen LogP contribution in [0.5, 0.6) is 11.5 Å². The van der Waals surface area contributed by atoms with Crippen LogP contribution in [-0.4, -0.2) is 30.7 Å². The zero-order chi connectivity index (χ0) is 20.2. The van der Waals surface area contributed by atoms with Crippen LogP contribution in [0.15, 0.2) is 48.7 Å². The first-order valence-electron chi connectivity index (χ1n) is 9.77. The largest absolute Gasteiger partial charge is 0.493 e. The van der Waals surface area contributed by atoms with E-state index in [0.29, 0.717) is 0 Å². The summed E-state index contributed by atoms with van der Waals surface area (Å²) >= 11 is 0. The molecule has 4 rings (SSSR count). The quantitative estimate of drug-likeness (QED) is 0.687. The summed E-state index contributed by atoms with van der Waals surface area (Å²) in [7, 11) is 3.33. The third-order valence-corrected chi connectivity index (χ3v) is 5.20. The Morgan fingerprint density at radius 3 is 2.59 bits per heavy atom. The van der Waals surface area contributed by atoms with Gasteiger partial charge in [0, 0.05) is 25.8 Å². The molecule has 29 heavy (non-hydrogen) atoms. The van der Waals surface area contributed by atoms with Crippen molar-refractivity contribution in [1.82, 2.24) is 9.97 Å². The molecule has 2 aromatic carbocycles. The maximum Gasteiger partial charge on any atom is 0.227 e. The number of methoxy groups -OCH3 is 2. The highest BCUT2D eigenvalue weighted by molar-refractivity contribution is 5.51. The molecule has 1 aromatic heterocycles. The Hall–Kier alpha value is -3.28. The van der Waals surface area contributed by atoms with Crippen LogP contribution in [0.25, 0.3) is 0 Å². The third kappa shape index (κ3) is 4.26. The van der Waals surface area contributed by atoms with E-state index >= 15 is 0 Å². The first kappa shape index (κ1) is 19.1. The summed E-state index contributed by atoms with van der Waals surface area (Å²) in [6.07, 6.45) is 2.73. The van der Waals surface area contributed by atoms with Gasteiger partial charge in [-0.25, -0.2) is 4.98 Å². The molecule has 0 saturated carbocycles. The molecule has 1 N–H and O–H groups in total. The fraction of sp³-hybridized carbons (Fsp3) is 0.304. The molecule has 0 aliphatic carbocycles. The molecule has 2 heterocycles. The summed E-state index contributed by atoms with van der Waals surface area (Å²) in [6, 6.07) is 14.5. The van der Waals surface area contributed by atoms with Gasteiger partial charge in [-0.3, -0.25) is 0 Å². The van der Waals surface area contributed by atoms with Gasteiger partial charge in [0.25, 0.3) is 0 Å². The molecule has 0 saturated heterocycles. The minimum absolute atomic E-state index is 0.734. The molecule has 0 atom stereocenters. The molecule has 6 heteroatoms. The van der Waals surface area contributed by atoms with E-state index in [0.717, 1.165) is 49.3 Å². The van der Waals surface area contributed by atoms with Gasteiger partial charge in [0.15, 0.2) is 11.5 Å². The van der Waals surface area contributed by atoms with Crippen LogP contribution in [0.3, 0.4) is 0 Å².